The first kappa shape index (κ1) is 18.9. The third-order valence-electron chi connectivity index (χ3n) is 4.14. The maximum Gasteiger partial charge on any atom is 0.441 e. The van der Waals surface area contributed by atoms with E-state index in [4.69, 9.17) is 0 Å². The molecule has 0 aliphatic carbocycles. The van der Waals surface area contributed by atoms with Crippen LogP contribution in [-0.2, 0) is 0 Å². The molecule has 2 aromatic rings. The summed E-state index contributed by atoms with van der Waals surface area (Å²) in [5, 5.41) is 0. The summed E-state index contributed by atoms with van der Waals surface area (Å²) in [6, 6.07) is 14.6. The molecule has 0 fully saturated rings. The van der Waals surface area contributed by atoms with E-state index in [1.807, 2.05) is 0 Å². The van der Waals surface area contributed by atoms with Crippen LogP contribution >= 0.6 is 0 Å². The normalized spacial score (nSPS) is 17.4. The molecular formula is C18H13F6N3. The highest BCUT2D eigenvalue weighted by Gasteiger charge is 2.75. The fourth-order valence-electron chi connectivity index (χ4n) is 2.81. The van der Waals surface area contributed by atoms with E-state index in [1.165, 1.54) is 48.5 Å². The van der Waals surface area contributed by atoms with Crippen molar-refractivity contribution in [1.29, 1.82) is 0 Å². The van der Waals surface area contributed by atoms with Crippen molar-refractivity contribution in [3.63, 3.8) is 0 Å². The smallest absolute Gasteiger partial charge is 0.319 e. The van der Waals surface area contributed by atoms with E-state index in [-0.39, 0.29) is 16.0 Å². The van der Waals surface area contributed by atoms with Crippen molar-refractivity contribution in [2.24, 2.45) is 9.98 Å². The molecule has 0 atom stereocenters. The van der Waals surface area contributed by atoms with Crippen LogP contribution < -0.4 is 0 Å². The third kappa shape index (κ3) is 3.07. The molecule has 0 amide bonds. The summed E-state index contributed by atoms with van der Waals surface area (Å²) < 4.78 is 82.8. The lowest BCUT2D eigenvalue weighted by atomic mass is 10.0. The van der Waals surface area contributed by atoms with Crippen LogP contribution in [0, 0.1) is 0 Å². The average molecular weight is 385 g/mol. The Kier molecular flexibility index (Phi) is 4.49. The lowest BCUT2D eigenvalue weighted by Crippen LogP contribution is -2.68. The van der Waals surface area contributed by atoms with Gasteiger partial charge in [-0.3, -0.25) is 0 Å². The van der Waals surface area contributed by atoms with Crippen LogP contribution in [0.5, 0.6) is 0 Å². The number of hydrogen-bond donors (Lipinski definition) is 0. The Balaban J connectivity index is 2.32. The highest BCUT2D eigenvalue weighted by atomic mass is 19.4. The zero-order valence-corrected chi connectivity index (χ0v) is 13.9. The van der Waals surface area contributed by atoms with Crippen LogP contribution in [0.25, 0.3) is 0 Å². The first-order chi connectivity index (χ1) is 12.6. The molecule has 9 heteroatoms. The quantitative estimate of drug-likeness (QED) is 0.692. The van der Waals surface area contributed by atoms with Crippen molar-refractivity contribution in [3.05, 3.63) is 71.8 Å². The molecule has 3 rings (SSSR count). The summed E-state index contributed by atoms with van der Waals surface area (Å²) in [6.07, 6.45) is -11.5. The number of rotatable bonds is 2. The Hall–Kier alpha value is -2.84. The van der Waals surface area contributed by atoms with Crippen LogP contribution in [0.15, 0.2) is 70.6 Å². The van der Waals surface area contributed by atoms with Gasteiger partial charge in [0.05, 0.1) is 0 Å². The second-order valence-corrected chi connectivity index (χ2v) is 5.83. The number of halogens is 6. The standard InChI is InChI=1S/C18H13F6N3/c1-27-15(13-10-6-3-7-11-13)25-14(12-8-4-2-5-9-12)26-16(27,17(19,20)21)18(22,23)24/h2-11H,1H3. The van der Waals surface area contributed by atoms with E-state index in [1.54, 1.807) is 12.1 Å². The second kappa shape index (κ2) is 6.40. The van der Waals surface area contributed by atoms with Crippen molar-refractivity contribution in [3.8, 4) is 0 Å². The van der Waals surface area contributed by atoms with E-state index >= 15 is 0 Å². The van der Waals surface area contributed by atoms with Gasteiger partial charge in [-0.2, -0.15) is 26.3 Å². The lowest BCUT2D eigenvalue weighted by Gasteiger charge is -2.44. The summed E-state index contributed by atoms with van der Waals surface area (Å²) in [7, 11) is 0.693. The Morgan fingerprint density at radius 2 is 1.19 bits per heavy atom. The Morgan fingerprint density at radius 3 is 1.63 bits per heavy atom. The second-order valence-electron chi connectivity index (χ2n) is 5.83. The zero-order chi connectivity index (χ0) is 19.9. The number of aliphatic imine (C=N–C) groups is 2. The predicted octanol–water partition coefficient (Wildman–Crippen LogP) is 4.65. The van der Waals surface area contributed by atoms with Gasteiger partial charge >= 0.3 is 18.0 Å². The first-order valence-electron chi connectivity index (χ1n) is 7.74. The van der Waals surface area contributed by atoms with Crippen LogP contribution in [0.3, 0.4) is 0 Å². The Morgan fingerprint density at radius 1 is 0.741 bits per heavy atom. The molecule has 3 nitrogen and oxygen atoms in total. The molecule has 0 saturated carbocycles. The minimum Gasteiger partial charge on any atom is -0.319 e. The van der Waals surface area contributed by atoms with Gasteiger partial charge in [-0.15, -0.1) is 0 Å². The van der Waals surface area contributed by atoms with Crippen molar-refractivity contribution in [2.75, 3.05) is 7.05 Å². The number of alkyl halides is 6. The minimum absolute atomic E-state index is 0.0365. The molecule has 2 aromatic carbocycles. The van der Waals surface area contributed by atoms with Crippen LogP contribution in [-0.4, -0.2) is 41.6 Å². The molecule has 0 bridgehead atoms. The maximum atomic E-state index is 13.8. The maximum absolute atomic E-state index is 13.8. The Bertz CT molecular complexity index is 855. The first-order valence-corrected chi connectivity index (χ1v) is 7.74. The van der Waals surface area contributed by atoms with Crippen LogP contribution in [0.2, 0.25) is 0 Å². The number of hydrogen-bond acceptors (Lipinski definition) is 3. The fraction of sp³-hybridized carbons (Fsp3) is 0.222. The molecule has 1 heterocycles. The number of nitrogens with zero attached hydrogens (tertiary/aromatic N) is 3. The summed E-state index contributed by atoms with van der Waals surface area (Å²) in [6.45, 7) is 0. The number of benzene rings is 2. The summed E-state index contributed by atoms with van der Waals surface area (Å²) in [5.41, 5.74) is -4.28. The highest BCUT2D eigenvalue weighted by molar-refractivity contribution is 6.13. The molecule has 1 aliphatic heterocycles. The zero-order valence-electron chi connectivity index (χ0n) is 13.9. The SMILES string of the molecule is CN1C(c2ccccc2)=NC(c2ccccc2)=NC1(C(F)(F)F)C(F)(F)F. The van der Waals surface area contributed by atoms with Crippen molar-refractivity contribution in [1.82, 2.24) is 4.90 Å². The minimum atomic E-state index is -5.73. The van der Waals surface area contributed by atoms with Gasteiger partial charge in [0.25, 0.3) is 0 Å². The summed E-state index contributed by atoms with van der Waals surface area (Å²) in [5.74, 6) is -1.11. The Labute approximate surface area is 150 Å². The molecule has 0 radical (unpaired) electrons. The van der Waals surface area contributed by atoms with E-state index in [2.05, 4.69) is 9.98 Å². The van der Waals surface area contributed by atoms with E-state index in [0.29, 0.717) is 7.05 Å². The van der Waals surface area contributed by atoms with Gasteiger partial charge in [0, 0.05) is 18.2 Å². The van der Waals surface area contributed by atoms with Gasteiger partial charge in [0.1, 0.15) is 5.84 Å². The van der Waals surface area contributed by atoms with Gasteiger partial charge in [-0.05, 0) is 0 Å². The van der Waals surface area contributed by atoms with Crippen LogP contribution in [0.4, 0.5) is 26.3 Å². The molecule has 0 unspecified atom stereocenters. The molecule has 0 N–H and O–H groups in total. The van der Waals surface area contributed by atoms with Gasteiger partial charge in [-0.25, -0.2) is 9.98 Å². The summed E-state index contributed by atoms with van der Waals surface area (Å²) >= 11 is 0. The monoisotopic (exact) mass is 385 g/mol. The predicted molar refractivity (Wildman–Crippen MR) is 88.6 cm³/mol. The van der Waals surface area contributed by atoms with Crippen molar-refractivity contribution >= 4 is 11.7 Å². The fourth-order valence-corrected chi connectivity index (χ4v) is 2.81. The lowest BCUT2D eigenvalue weighted by molar-refractivity contribution is -0.325. The van der Waals surface area contributed by atoms with Gasteiger partial charge in [0.2, 0.25) is 0 Å². The average Bonchev–Trinajstić information content (AvgIpc) is 2.61. The molecule has 0 aromatic heterocycles. The topological polar surface area (TPSA) is 28.0 Å². The number of amidine groups is 2. The van der Waals surface area contributed by atoms with Crippen LogP contribution in [0.1, 0.15) is 11.1 Å². The highest BCUT2D eigenvalue weighted by Crippen LogP contribution is 2.49. The van der Waals surface area contributed by atoms with Crippen molar-refractivity contribution < 1.29 is 26.3 Å². The molecule has 0 spiro atoms. The summed E-state index contributed by atoms with van der Waals surface area (Å²) in [4.78, 5) is 7.14. The molecule has 142 valence electrons. The largest absolute Gasteiger partial charge is 0.441 e. The van der Waals surface area contributed by atoms with E-state index in [0.717, 1.165) is 0 Å². The molecule has 1 aliphatic rings. The molecule has 0 saturated heterocycles. The van der Waals surface area contributed by atoms with Gasteiger partial charge in [-0.1, -0.05) is 60.7 Å². The molecular weight excluding hydrogens is 372 g/mol. The molecule has 27 heavy (non-hydrogen) atoms. The van der Waals surface area contributed by atoms with E-state index in [9.17, 15) is 26.3 Å². The van der Waals surface area contributed by atoms with Gasteiger partial charge in [0.15, 0.2) is 5.84 Å². The van der Waals surface area contributed by atoms with Crippen molar-refractivity contribution in [2.45, 2.75) is 18.0 Å². The third-order valence-corrected chi connectivity index (χ3v) is 4.14. The van der Waals surface area contributed by atoms with Gasteiger partial charge < -0.3 is 4.90 Å². The van der Waals surface area contributed by atoms with E-state index < -0.39 is 29.7 Å².